The Morgan fingerprint density at radius 1 is 1.09 bits per heavy atom. The Bertz CT molecular complexity index is 87.6. The van der Waals surface area contributed by atoms with Gasteiger partial charge in [-0.2, -0.15) is 0 Å². The van der Waals surface area contributed by atoms with E-state index >= 15 is 0 Å². The van der Waals surface area contributed by atoms with Crippen LogP contribution in [-0.4, -0.2) is 11.5 Å². The molecule has 1 rings (SSSR count). The first kappa shape index (κ1) is 9.79. The normalized spacial score (nSPS) is 20.5. The lowest BCUT2D eigenvalue weighted by Gasteiger charge is -2.20. The fourth-order valence-electron chi connectivity index (χ4n) is 1.58. The van der Waals surface area contributed by atoms with E-state index < -0.39 is 0 Å². The Labute approximate surface area is 78.3 Å². The van der Waals surface area contributed by atoms with Gasteiger partial charge >= 0.3 is 0 Å². The maximum Gasteiger partial charge on any atom is 0.00653 e. The smallest absolute Gasteiger partial charge is 0.00653 e. The van der Waals surface area contributed by atoms with E-state index in [-0.39, 0.29) is 0 Å². The van der Waals surface area contributed by atoms with Crippen molar-refractivity contribution in [3.63, 3.8) is 0 Å². The van der Waals surface area contributed by atoms with Gasteiger partial charge in [-0.25, -0.2) is 0 Å². The van der Waals surface area contributed by atoms with E-state index in [2.05, 4.69) is 17.7 Å². The van der Waals surface area contributed by atoms with Crippen molar-refractivity contribution in [2.45, 2.75) is 39.0 Å². The topological polar surface area (TPSA) is 0 Å². The first-order chi connectivity index (χ1) is 5.43. The third kappa shape index (κ3) is 4.32. The van der Waals surface area contributed by atoms with Crippen molar-refractivity contribution in [1.29, 1.82) is 0 Å². The largest absolute Gasteiger partial charge is 0.0944 e. The van der Waals surface area contributed by atoms with Gasteiger partial charge in [0.25, 0.3) is 0 Å². The molecule has 66 valence electrons. The minimum absolute atomic E-state index is 1.05. The standard InChI is InChI=1S/C9H18S2/c1-2-10-11-8-9-6-4-3-5-7-9/h9H,2-8H2,1H3. The van der Waals surface area contributed by atoms with E-state index in [1.807, 2.05) is 10.8 Å². The molecule has 2 heteroatoms. The molecule has 0 spiro atoms. The third-order valence-corrected chi connectivity index (χ3v) is 4.85. The zero-order valence-corrected chi connectivity index (χ0v) is 8.98. The highest BCUT2D eigenvalue weighted by Crippen LogP contribution is 2.31. The van der Waals surface area contributed by atoms with Gasteiger partial charge in [0.05, 0.1) is 0 Å². The van der Waals surface area contributed by atoms with Crippen LogP contribution < -0.4 is 0 Å². The molecule has 0 nitrogen and oxygen atoms in total. The molecule has 1 aliphatic carbocycles. The van der Waals surface area contributed by atoms with Gasteiger partial charge in [0.1, 0.15) is 0 Å². The van der Waals surface area contributed by atoms with Crippen LogP contribution in [0.25, 0.3) is 0 Å². The molecular formula is C9H18S2. The van der Waals surface area contributed by atoms with Crippen LogP contribution >= 0.6 is 21.6 Å². The van der Waals surface area contributed by atoms with Gasteiger partial charge in [0.15, 0.2) is 0 Å². The lowest BCUT2D eigenvalue weighted by molar-refractivity contribution is 0.391. The summed E-state index contributed by atoms with van der Waals surface area (Å²) in [5.74, 6) is 3.71. The third-order valence-electron chi connectivity index (χ3n) is 2.23. The summed E-state index contributed by atoms with van der Waals surface area (Å²) in [6.45, 7) is 2.23. The van der Waals surface area contributed by atoms with Crippen molar-refractivity contribution < 1.29 is 0 Å². The lowest BCUT2D eigenvalue weighted by atomic mass is 9.91. The SMILES string of the molecule is CCSSCC1CCCCC1. The van der Waals surface area contributed by atoms with Gasteiger partial charge in [0.2, 0.25) is 0 Å². The highest BCUT2D eigenvalue weighted by Gasteiger charge is 2.12. The van der Waals surface area contributed by atoms with Crippen molar-refractivity contribution in [2.24, 2.45) is 5.92 Å². The van der Waals surface area contributed by atoms with Crippen molar-refractivity contribution in [2.75, 3.05) is 11.5 Å². The number of hydrogen-bond acceptors (Lipinski definition) is 2. The van der Waals surface area contributed by atoms with Gasteiger partial charge in [-0.05, 0) is 18.8 Å². The molecule has 0 aliphatic heterocycles. The molecule has 1 saturated carbocycles. The molecule has 0 atom stereocenters. The minimum atomic E-state index is 1.05. The highest BCUT2D eigenvalue weighted by atomic mass is 33.1. The highest BCUT2D eigenvalue weighted by molar-refractivity contribution is 8.76. The van der Waals surface area contributed by atoms with Crippen LogP contribution in [0.4, 0.5) is 0 Å². The molecule has 0 bridgehead atoms. The van der Waals surface area contributed by atoms with Gasteiger partial charge in [-0.3, -0.25) is 0 Å². The van der Waals surface area contributed by atoms with Crippen molar-refractivity contribution in [1.82, 2.24) is 0 Å². The summed E-state index contributed by atoms with van der Waals surface area (Å²) in [6.07, 6.45) is 7.46. The number of rotatable bonds is 4. The monoisotopic (exact) mass is 190 g/mol. The van der Waals surface area contributed by atoms with Gasteiger partial charge in [-0.1, -0.05) is 47.8 Å². The molecule has 1 fully saturated rings. The van der Waals surface area contributed by atoms with Crippen LogP contribution in [0.1, 0.15) is 39.0 Å². The summed E-state index contributed by atoms with van der Waals surface area (Å²) < 4.78 is 0. The van der Waals surface area contributed by atoms with E-state index in [1.165, 1.54) is 43.6 Å². The summed E-state index contributed by atoms with van der Waals surface area (Å²) in [5.41, 5.74) is 0. The quantitative estimate of drug-likeness (QED) is 0.486. The second kappa shape index (κ2) is 6.24. The fourth-order valence-corrected chi connectivity index (χ4v) is 3.74. The molecule has 0 heterocycles. The van der Waals surface area contributed by atoms with E-state index in [0.29, 0.717) is 0 Å². The zero-order valence-electron chi connectivity index (χ0n) is 7.34. The predicted molar refractivity (Wildman–Crippen MR) is 57.2 cm³/mol. The van der Waals surface area contributed by atoms with Crippen molar-refractivity contribution >= 4 is 21.6 Å². The van der Waals surface area contributed by atoms with E-state index in [9.17, 15) is 0 Å². The van der Waals surface area contributed by atoms with Gasteiger partial charge < -0.3 is 0 Å². The first-order valence-electron chi connectivity index (χ1n) is 4.68. The van der Waals surface area contributed by atoms with Crippen LogP contribution in [-0.2, 0) is 0 Å². The van der Waals surface area contributed by atoms with Crippen LogP contribution in [0.15, 0.2) is 0 Å². The second-order valence-electron chi connectivity index (χ2n) is 3.20. The van der Waals surface area contributed by atoms with Gasteiger partial charge in [-0.15, -0.1) is 0 Å². The molecule has 1 aliphatic rings. The van der Waals surface area contributed by atoms with Gasteiger partial charge in [0, 0.05) is 11.5 Å². The predicted octanol–water partition coefficient (Wildman–Crippen LogP) is 3.97. The van der Waals surface area contributed by atoms with Crippen LogP contribution in [0.5, 0.6) is 0 Å². The lowest BCUT2D eigenvalue weighted by Crippen LogP contribution is -2.07. The van der Waals surface area contributed by atoms with Crippen LogP contribution in [0.2, 0.25) is 0 Å². The molecule has 0 aromatic carbocycles. The Morgan fingerprint density at radius 3 is 2.45 bits per heavy atom. The Hall–Kier alpha value is 0.700. The summed E-state index contributed by atoms with van der Waals surface area (Å²) in [7, 11) is 4.09. The summed E-state index contributed by atoms with van der Waals surface area (Å²) >= 11 is 0. The Morgan fingerprint density at radius 2 is 1.82 bits per heavy atom. The molecule has 11 heavy (non-hydrogen) atoms. The summed E-state index contributed by atoms with van der Waals surface area (Å²) in [5, 5.41) is 0. The maximum atomic E-state index is 2.23. The summed E-state index contributed by atoms with van der Waals surface area (Å²) in [6, 6.07) is 0. The molecule has 0 radical (unpaired) electrons. The first-order valence-corrected chi connectivity index (χ1v) is 7.16. The molecule has 0 aromatic heterocycles. The molecular weight excluding hydrogens is 172 g/mol. The maximum absolute atomic E-state index is 2.23. The van der Waals surface area contributed by atoms with Crippen molar-refractivity contribution in [3.8, 4) is 0 Å². The van der Waals surface area contributed by atoms with E-state index in [1.54, 1.807) is 0 Å². The molecule has 0 saturated heterocycles. The Kier molecular flexibility index (Phi) is 5.55. The Balaban J connectivity index is 1.96. The van der Waals surface area contributed by atoms with Crippen LogP contribution in [0, 0.1) is 5.92 Å². The van der Waals surface area contributed by atoms with Crippen molar-refractivity contribution in [3.05, 3.63) is 0 Å². The van der Waals surface area contributed by atoms with E-state index in [4.69, 9.17) is 0 Å². The van der Waals surface area contributed by atoms with Crippen LogP contribution in [0.3, 0.4) is 0 Å². The fraction of sp³-hybridized carbons (Fsp3) is 1.00. The summed E-state index contributed by atoms with van der Waals surface area (Å²) in [4.78, 5) is 0. The van der Waals surface area contributed by atoms with E-state index in [0.717, 1.165) is 5.92 Å². The average Bonchev–Trinajstić information content (AvgIpc) is 2.07. The number of hydrogen-bond donors (Lipinski definition) is 0. The molecule has 0 unspecified atom stereocenters. The molecule has 0 amide bonds. The molecule has 0 N–H and O–H groups in total. The second-order valence-corrected chi connectivity index (χ2v) is 5.99. The zero-order chi connectivity index (χ0) is 7.94. The molecule has 0 aromatic rings. The minimum Gasteiger partial charge on any atom is -0.0944 e. The average molecular weight is 190 g/mol.